The molecule has 3 heterocycles. The number of nitrogens with one attached hydrogen (secondary N) is 1. The molecule has 0 aromatic carbocycles. The van der Waals surface area contributed by atoms with Crippen LogP contribution in [0.1, 0.15) is 58.1 Å². The Morgan fingerprint density at radius 3 is 2.88 bits per heavy atom. The molecule has 24 heavy (non-hydrogen) atoms. The van der Waals surface area contributed by atoms with Gasteiger partial charge in [0.25, 0.3) is 0 Å². The first-order valence-corrected chi connectivity index (χ1v) is 9.04. The highest BCUT2D eigenvalue weighted by molar-refractivity contribution is 5.68. The Kier molecular flexibility index (Phi) is 5.08. The Morgan fingerprint density at radius 2 is 2.08 bits per heavy atom. The second-order valence-corrected chi connectivity index (χ2v) is 7.79. The summed E-state index contributed by atoms with van der Waals surface area (Å²) in [5.41, 5.74) is -0.443. The number of hydrogen-bond acceptors (Lipinski definition) is 5. The Hall–Kier alpha value is -1.63. The molecule has 1 atom stereocenters. The third kappa shape index (κ3) is 4.26. The van der Waals surface area contributed by atoms with Crippen molar-refractivity contribution in [2.45, 2.75) is 77.6 Å². The zero-order valence-electron chi connectivity index (χ0n) is 15.0. The van der Waals surface area contributed by atoms with E-state index in [1.54, 1.807) is 4.90 Å². The van der Waals surface area contributed by atoms with Gasteiger partial charge in [-0.2, -0.15) is 0 Å². The Morgan fingerprint density at radius 1 is 1.25 bits per heavy atom. The quantitative estimate of drug-likeness (QED) is 0.916. The number of ether oxygens (including phenoxy) is 1. The summed E-state index contributed by atoms with van der Waals surface area (Å²) >= 11 is 0. The van der Waals surface area contributed by atoms with Crippen LogP contribution in [0.3, 0.4) is 0 Å². The first-order valence-electron chi connectivity index (χ1n) is 9.04. The molecule has 3 rings (SSSR count). The summed E-state index contributed by atoms with van der Waals surface area (Å²) in [6.45, 7) is 8.85. The lowest BCUT2D eigenvalue weighted by molar-refractivity contribution is 0.0291. The molecule has 0 bridgehead atoms. The van der Waals surface area contributed by atoms with Gasteiger partial charge >= 0.3 is 6.09 Å². The first-order chi connectivity index (χ1) is 11.4. The molecule has 1 N–H and O–H groups in total. The fraction of sp³-hybridized carbons (Fsp3) is 0.824. The summed E-state index contributed by atoms with van der Waals surface area (Å²) in [6, 6.07) is 0.288. The lowest BCUT2D eigenvalue weighted by Crippen LogP contribution is -2.38. The largest absolute Gasteiger partial charge is 0.444 e. The second kappa shape index (κ2) is 7.09. The van der Waals surface area contributed by atoms with Crippen molar-refractivity contribution in [2.24, 2.45) is 0 Å². The molecule has 0 spiro atoms. The normalized spacial score (nSPS) is 21.5. The number of carbonyl (C=O) groups excluding carboxylic acids is 1. The van der Waals surface area contributed by atoms with Gasteiger partial charge in [-0.15, -0.1) is 10.2 Å². The van der Waals surface area contributed by atoms with Crippen molar-refractivity contribution < 1.29 is 9.53 Å². The molecule has 134 valence electrons. The topological polar surface area (TPSA) is 72.3 Å². The maximum Gasteiger partial charge on any atom is 0.410 e. The summed E-state index contributed by atoms with van der Waals surface area (Å²) in [5, 5.41) is 12.2. The fourth-order valence-corrected chi connectivity index (χ4v) is 3.33. The van der Waals surface area contributed by atoms with Crippen LogP contribution in [0.2, 0.25) is 0 Å². The number of amides is 1. The summed E-state index contributed by atoms with van der Waals surface area (Å²) < 4.78 is 7.71. The van der Waals surface area contributed by atoms with Crippen molar-refractivity contribution in [2.75, 3.05) is 13.1 Å². The van der Waals surface area contributed by atoms with E-state index >= 15 is 0 Å². The van der Waals surface area contributed by atoms with Crippen LogP contribution in [0.15, 0.2) is 0 Å². The van der Waals surface area contributed by atoms with E-state index in [-0.39, 0.29) is 12.1 Å². The van der Waals surface area contributed by atoms with E-state index in [1.165, 1.54) is 19.3 Å². The number of hydrogen-bond donors (Lipinski definition) is 1. The number of aryl methyl sites for hydroxylation is 1. The zero-order chi connectivity index (χ0) is 17.2. The minimum atomic E-state index is -0.443. The molecular weight excluding hydrogens is 306 g/mol. The average molecular weight is 335 g/mol. The highest BCUT2D eigenvalue weighted by atomic mass is 16.6. The maximum atomic E-state index is 12.1. The van der Waals surface area contributed by atoms with Gasteiger partial charge in [0.05, 0.1) is 6.54 Å². The van der Waals surface area contributed by atoms with Gasteiger partial charge in [-0.25, -0.2) is 4.79 Å². The van der Waals surface area contributed by atoms with E-state index in [9.17, 15) is 4.79 Å². The van der Waals surface area contributed by atoms with Crippen LogP contribution in [-0.4, -0.2) is 50.5 Å². The van der Waals surface area contributed by atoms with Gasteiger partial charge in [-0.3, -0.25) is 0 Å². The minimum Gasteiger partial charge on any atom is -0.444 e. The Bertz CT molecular complexity index is 578. The van der Waals surface area contributed by atoms with Gasteiger partial charge in [-0.1, -0.05) is 6.42 Å². The van der Waals surface area contributed by atoms with E-state index in [4.69, 9.17) is 4.74 Å². The molecule has 2 aliphatic rings. The third-order valence-electron chi connectivity index (χ3n) is 4.57. The molecule has 0 saturated carbocycles. The van der Waals surface area contributed by atoms with Crippen LogP contribution in [0.5, 0.6) is 0 Å². The molecule has 1 amide bonds. The smallest absolute Gasteiger partial charge is 0.410 e. The van der Waals surface area contributed by atoms with E-state index < -0.39 is 5.60 Å². The van der Waals surface area contributed by atoms with Crippen LogP contribution >= 0.6 is 0 Å². The molecule has 1 aromatic heterocycles. The van der Waals surface area contributed by atoms with Gasteiger partial charge in [0.1, 0.15) is 17.2 Å². The van der Waals surface area contributed by atoms with Crippen LogP contribution in [0, 0.1) is 0 Å². The maximum absolute atomic E-state index is 12.1. The summed E-state index contributed by atoms with van der Waals surface area (Å²) in [5.74, 6) is 2.13. The van der Waals surface area contributed by atoms with E-state index in [1.807, 2.05) is 20.8 Å². The van der Waals surface area contributed by atoms with Gasteiger partial charge in [-0.05, 0) is 40.0 Å². The highest BCUT2D eigenvalue weighted by Crippen LogP contribution is 2.17. The minimum absolute atomic E-state index is 0.219. The average Bonchev–Trinajstić information content (AvgIpc) is 3.05. The number of carbonyl (C=O) groups is 1. The predicted molar refractivity (Wildman–Crippen MR) is 90.6 cm³/mol. The van der Waals surface area contributed by atoms with Crippen molar-refractivity contribution in [1.82, 2.24) is 25.0 Å². The Labute approximate surface area is 143 Å². The number of likely N-dealkylation sites (tertiary alicyclic amines) is 1. The van der Waals surface area contributed by atoms with Gasteiger partial charge in [0, 0.05) is 32.1 Å². The number of nitrogens with zero attached hydrogens (tertiary/aromatic N) is 4. The van der Waals surface area contributed by atoms with E-state index in [0.717, 1.165) is 37.6 Å². The molecule has 1 saturated heterocycles. The Balaban J connectivity index is 1.50. The molecule has 1 unspecified atom stereocenters. The van der Waals surface area contributed by atoms with Gasteiger partial charge in [0.2, 0.25) is 0 Å². The monoisotopic (exact) mass is 335 g/mol. The van der Waals surface area contributed by atoms with E-state index in [2.05, 4.69) is 20.1 Å². The molecule has 7 heteroatoms. The first kappa shape index (κ1) is 17.2. The van der Waals surface area contributed by atoms with Crippen LogP contribution in [0.4, 0.5) is 4.79 Å². The number of aromatic nitrogens is 3. The number of rotatable bonds is 3. The molecule has 0 aliphatic carbocycles. The SMILES string of the molecule is CC(C)(C)OC(=O)N1CCC(NCc2nnc3n2CCCCC3)C1. The van der Waals surface area contributed by atoms with Gasteiger partial charge < -0.3 is 19.5 Å². The van der Waals surface area contributed by atoms with E-state index in [0.29, 0.717) is 13.1 Å². The van der Waals surface area contributed by atoms with Crippen molar-refractivity contribution in [3.63, 3.8) is 0 Å². The summed E-state index contributed by atoms with van der Waals surface area (Å²) in [6.07, 6.45) is 5.43. The van der Waals surface area contributed by atoms with Crippen LogP contribution in [-0.2, 0) is 24.2 Å². The molecular formula is C17H29N5O2. The summed E-state index contributed by atoms with van der Waals surface area (Å²) in [4.78, 5) is 13.9. The van der Waals surface area contributed by atoms with Crippen LogP contribution < -0.4 is 5.32 Å². The third-order valence-corrected chi connectivity index (χ3v) is 4.57. The lowest BCUT2D eigenvalue weighted by atomic mass is 10.2. The molecule has 1 aromatic rings. The number of fused-ring (bicyclic) bond motifs is 1. The molecule has 1 fully saturated rings. The summed E-state index contributed by atoms with van der Waals surface area (Å²) in [7, 11) is 0. The molecule has 0 radical (unpaired) electrons. The molecule has 7 nitrogen and oxygen atoms in total. The van der Waals surface area contributed by atoms with Crippen molar-refractivity contribution in [3.05, 3.63) is 11.6 Å². The van der Waals surface area contributed by atoms with Crippen molar-refractivity contribution in [1.29, 1.82) is 0 Å². The lowest BCUT2D eigenvalue weighted by Gasteiger charge is -2.24. The van der Waals surface area contributed by atoms with Crippen molar-refractivity contribution >= 4 is 6.09 Å². The van der Waals surface area contributed by atoms with Gasteiger partial charge in [0.15, 0.2) is 0 Å². The fourth-order valence-electron chi connectivity index (χ4n) is 3.33. The van der Waals surface area contributed by atoms with Crippen LogP contribution in [0.25, 0.3) is 0 Å². The molecule has 2 aliphatic heterocycles. The van der Waals surface area contributed by atoms with Crippen molar-refractivity contribution in [3.8, 4) is 0 Å². The highest BCUT2D eigenvalue weighted by Gasteiger charge is 2.29. The predicted octanol–water partition coefficient (Wildman–Crippen LogP) is 2.10. The zero-order valence-corrected chi connectivity index (χ0v) is 15.0. The second-order valence-electron chi connectivity index (χ2n) is 7.79. The standard InChI is InChI=1S/C17H29N5O2/c1-17(2,3)24-16(23)21-10-8-13(12-21)18-11-15-20-19-14-7-5-4-6-9-22(14)15/h13,18H,4-12H2,1-3H3.